The zero-order chi connectivity index (χ0) is 88.9. The van der Waals surface area contributed by atoms with E-state index in [1.165, 1.54) is 275 Å². The molecule has 4 aromatic carbocycles. The highest BCUT2D eigenvalue weighted by molar-refractivity contribution is 5.82. The number of carbonyl (C=O) groups is 1. The van der Waals surface area contributed by atoms with Crippen LogP contribution in [0.25, 0.3) is 0 Å². The molecule has 0 radical (unpaired) electrons. The van der Waals surface area contributed by atoms with Crippen molar-refractivity contribution in [3.05, 3.63) is 168 Å². The van der Waals surface area contributed by atoms with E-state index >= 15 is 0 Å². The van der Waals surface area contributed by atoms with E-state index < -0.39 is 6.10 Å². The molecule has 13 aliphatic rings. The molecule has 12 saturated heterocycles. The third-order valence-electron chi connectivity index (χ3n) is 25.1. The summed E-state index contributed by atoms with van der Waals surface area (Å²) in [6, 6.07) is 42.0. The number of benzene rings is 4. The Hall–Kier alpha value is -4.73. The number of Topliss-reactive ketones (excluding diaryl/α,β-unsaturated/α-hetero) is 1. The Morgan fingerprint density at radius 1 is 0.363 bits per heavy atom. The van der Waals surface area contributed by atoms with Gasteiger partial charge in [0, 0.05) is 111 Å². The zero-order valence-electron chi connectivity index (χ0n) is 79.7. The summed E-state index contributed by atoms with van der Waals surface area (Å²) in [5.41, 5.74) is 5.47. The fraction of sp³-hybridized carbons (Fsp3) is 0.721. The lowest BCUT2D eigenvalue weighted by atomic mass is 10.2. The summed E-state index contributed by atoms with van der Waals surface area (Å²) in [4.78, 5) is 41.8. The Morgan fingerprint density at radius 2 is 0.718 bits per heavy atom. The zero-order valence-corrected chi connectivity index (χ0v) is 79.7. The molecular formula is C104H183N13O7. The molecule has 0 bridgehead atoms. The Bertz CT molecular complexity index is 3020. The van der Waals surface area contributed by atoms with E-state index in [2.05, 4.69) is 214 Å². The molecular weight excluding hydrogens is 1540 g/mol. The van der Waals surface area contributed by atoms with Crippen LogP contribution < -0.4 is 0 Å². The van der Waals surface area contributed by atoms with Gasteiger partial charge < -0.3 is 74.7 Å². The van der Waals surface area contributed by atoms with Crippen LogP contribution in [0.4, 0.5) is 0 Å². The number of ketones is 1. The summed E-state index contributed by atoms with van der Waals surface area (Å²) < 4.78 is 0. The molecule has 13 aliphatic heterocycles. The molecule has 0 amide bonds. The number of aliphatic hydroxyl groups is 6. The van der Waals surface area contributed by atoms with Gasteiger partial charge in [-0.2, -0.15) is 0 Å². The van der Waals surface area contributed by atoms with Gasteiger partial charge in [-0.05, 0) is 309 Å². The molecule has 0 aromatic heterocycles. The van der Waals surface area contributed by atoms with Gasteiger partial charge in [0.1, 0.15) is 5.78 Å². The second-order valence-corrected chi connectivity index (χ2v) is 36.4. The molecule has 124 heavy (non-hydrogen) atoms. The van der Waals surface area contributed by atoms with E-state index in [1.54, 1.807) is 0 Å². The number of nitrogens with zero attached hydrogens (tertiary/aromatic N) is 13. The minimum Gasteiger partial charge on any atom is -0.395 e. The molecule has 4 aromatic rings. The van der Waals surface area contributed by atoms with Crippen molar-refractivity contribution in [1.29, 1.82) is 0 Å². The van der Waals surface area contributed by atoms with Crippen LogP contribution in [0, 0.1) is 0 Å². The summed E-state index contributed by atoms with van der Waals surface area (Å²) in [5.74, 6) is 0.371. The molecule has 0 aliphatic carbocycles. The highest BCUT2D eigenvalue weighted by atomic mass is 16.3. The van der Waals surface area contributed by atoms with Crippen LogP contribution in [0.5, 0.6) is 0 Å². The van der Waals surface area contributed by atoms with Crippen LogP contribution in [0.2, 0.25) is 0 Å². The van der Waals surface area contributed by atoms with Crippen molar-refractivity contribution in [3.8, 4) is 0 Å². The standard InChI is InChI=1S/C11H15NO.C11H13NO.C11H15N.C11H13N.C9H19N.C8H17N.C8H15N.C7H15NO2.2C6H13NO.C6H13N.C5H11NO.C5H11N/c2*13-11-6-7-12(9-11)8-10-4-2-1-3-5-10;2*1-2-6-11(7-3-1)10-12-8-4-5-9-12;1-2-3-4-7-10-8-5-6-9-10;2*1-2-3-6-9-7-4-5-8-9;9-6-7(10)5-8-3-1-2-4-8;1-2-7-4-3-6(8)5-7;8-6-5-7-3-1-2-4-7;1-2-7-5-3-4-6-7;1-6-3-2-5(7)4-6;1-6-4-2-3-5-6/h1-5,11,13H,6-9H2;1-5H,6-9H2;1-3,6-7H,4-5,8-10H2;1-7H,8-10H2;2-9H2,1H3;2-8H2,1H3;2H,1,3-8H2;7,9-10H,1-6H2;6,8H,2-5H2,1H3;8H,1-6H2;2-6H2,1H3;5,7H,2-4H2,1H3;2-5H2,1H3. The molecule has 0 saturated carbocycles. The predicted octanol–water partition coefficient (Wildman–Crippen LogP) is 13.9. The highest BCUT2D eigenvalue weighted by Gasteiger charge is 2.23. The number of aliphatic hydroxyl groups excluding tert-OH is 6. The van der Waals surface area contributed by atoms with Gasteiger partial charge in [-0.25, -0.2) is 0 Å². The first-order valence-electron chi connectivity index (χ1n) is 49.8. The molecule has 20 nitrogen and oxygen atoms in total. The molecule has 12 fully saturated rings. The fourth-order valence-electron chi connectivity index (χ4n) is 17.5. The number of likely N-dealkylation sites (N-methyl/N-ethyl adjacent to an activating group) is 2. The van der Waals surface area contributed by atoms with E-state index in [0.717, 1.165) is 143 Å². The van der Waals surface area contributed by atoms with E-state index in [-0.39, 0.29) is 24.9 Å². The van der Waals surface area contributed by atoms with Gasteiger partial charge in [0.15, 0.2) is 0 Å². The average Bonchev–Trinajstić information content (AvgIpc) is 1.75. The Kier molecular flexibility index (Phi) is 64.6. The minimum atomic E-state index is -0.543. The normalized spacial score (nSPS) is 22.3. The number of likely N-dealkylation sites (tertiary alicyclic amines) is 12. The number of rotatable bonds is 25. The summed E-state index contributed by atoms with van der Waals surface area (Å²) in [7, 11) is 4.20. The summed E-state index contributed by atoms with van der Waals surface area (Å²) in [5, 5.41) is 53.2. The Labute approximate surface area is 757 Å². The Morgan fingerprint density at radius 3 is 1.04 bits per heavy atom. The number of hydrogen-bond acceptors (Lipinski definition) is 20. The lowest BCUT2D eigenvalue weighted by Crippen LogP contribution is -2.31. The minimum absolute atomic E-state index is 0.0463. The Balaban J connectivity index is 0.000000240. The van der Waals surface area contributed by atoms with Crippen LogP contribution in [-0.2, 0) is 31.0 Å². The van der Waals surface area contributed by atoms with Gasteiger partial charge >= 0.3 is 0 Å². The first-order valence-corrected chi connectivity index (χ1v) is 49.8. The first-order chi connectivity index (χ1) is 60.6. The lowest BCUT2D eigenvalue weighted by Gasteiger charge is -2.17. The van der Waals surface area contributed by atoms with E-state index in [9.17, 15) is 9.90 Å². The molecule has 13 heterocycles. The molecule has 0 spiro atoms. The van der Waals surface area contributed by atoms with Crippen LogP contribution >= 0.6 is 0 Å². The van der Waals surface area contributed by atoms with E-state index in [4.69, 9.17) is 25.5 Å². The monoisotopic (exact) mass is 1730 g/mol. The van der Waals surface area contributed by atoms with Crippen LogP contribution in [-0.4, -0.2) is 368 Å². The predicted molar refractivity (Wildman–Crippen MR) is 522 cm³/mol. The first kappa shape index (κ1) is 110. The van der Waals surface area contributed by atoms with Crippen LogP contribution in [0.3, 0.4) is 0 Å². The second kappa shape index (κ2) is 73.0. The number of β-amino-alcohol motifs (C(OH)–C–C–N with tert-alkyl or cyclic N) is 5. The second-order valence-electron chi connectivity index (χ2n) is 36.4. The lowest BCUT2D eigenvalue weighted by molar-refractivity contribution is -0.116. The fourth-order valence-corrected chi connectivity index (χ4v) is 17.5. The van der Waals surface area contributed by atoms with Crippen LogP contribution in [0.15, 0.2) is 146 Å². The third kappa shape index (κ3) is 56.0. The number of hydrogen-bond donors (Lipinski definition) is 6. The molecule has 6 N–H and O–H groups in total. The smallest absolute Gasteiger partial charge is 0.148 e. The number of carbonyl (C=O) groups excluding carboxylic acids is 1. The van der Waals surface area contributed by atoms with Gasteiger partial charge in [0.05, 0.1) is 44.2 Å². The maximum absolute atomic E-state index is 11.0. The third-order valence-corrected chi connectivity index (χ3v) is 25.1. The van der Waals surface area contributed by atoms with Gasteiger partial charge in [0.25, 0.3) is 0 Å². The average molecular weight is 1730 g/mol. The van der Waals surface area contributed by atoms with Crippen molar-refractivity contribution in [1.82, 2.24) is 63.7 Å². The maximum Gasteiger partial charge on any atom is 0.148 e. The van der Waals surface area contributed by atoms with E-state index in [0.29, 0.717) is 25.5 Å². The van der Waals surface area contributed by atoms with Crippen molar-refractivity contribution >= 4 is 5.78 Å². The summed E-state index contributed by atoms with van der Waals surface area (Å²) in [6.45, 7) is 54.7. The van der Waals surface area contributed by atoms with Crippen molar-refractivity contribution in [2.45, 2.75) is 245 Å². The summed E-state index contributed by atoms with van der Waals surface area (Å²) in [6.07, 6.45) is 39.4. The molecule has 4 atom stereocenters. The summed E-state index contributed by atoms with van der Waals surface area (Å²) >= 11 is 0. The SMILES string of the molecule is C1=CCN(Cc2ccccc2)C1.C=CCCN1CCCC1.CCCCCN1CCCC1.CCCCN1CCCC1.CCN1CCC(O)C1.CCN1CCCC1.CN1CCC(O)C1.CN1CCCC1.O=C1CCN(Cc2ccccc2)C1.OC1CCN(Cc2ccccc2)C1.OCC(O)CN1CCCC1.OCCN1CCCC1.c1ccc(CN2CCCC2)cc1. The van der Waals surface area contributed by atoms with Crippen LogP contribution in [0.1, 0.15) is 217 Å². The largest absolute Gasteiger partial charge is 0.395 e. The maximum atomic E-state index is 11.0. The van der Waals surface area contributed by atoms with Gasteiger partial charge in [-0.15, -0.1) is 6.58 Å². The van der Waals surface area contributed by atoms with Gasteiger partial charge in [-0.3, -0.25) is 24.4 Å². The van der Waals surface area contributed by atoms with Crippen molar-refractivity contribution in [3.63, 3.8) is 0 Å². The highest BCUT2D eigenvalue weighted by Crippen LogP contribution is 2.18. The quantitative estimate of drug-likeness (QED) is 0.0272. The van der Waals surface area contributed by atoms with Crippen molar-refractivity contribution in [2.75, 3.05) is 243 Å². The topological polar surface area (TPSA) is 181 Å². The van der Waals surface area contributed by atoms with Crippen molar-refractivity contribution < 1.29 is 35.4 Å². The molecule has 4 unspecified atom stereocenters. The number of unbranched alkanes of at least 4 members (excludes halogenated alkanes) is 3. The molecule has 20 heteroatoms. The molecule has 706 valence electrons. The molecule has 17 rings (SSSR count). The van der Waals surface area contributed by atoms with Gasteiger partial charge in [0.2, 0.25) is 0 Å². The van der Waals surface area contributed by atoms with E-state index in [1.807, 2.05) is 37.4 Å². The van der Waals surface area contributed by atoms with Crippen molar-refractivity contribution in [2.24, 2.45) is 0 Å². The van der Waals surface area contributed by atoms with Gasteiger partial charge in [-0.1, -0.05) is 187 Å².